The van der Waals surface area contributed by atoms with E-state index in [1.165, 1.54) is 0 Å². The number of H-pyrrole nitrogens is 1. The molecule has 1 aromatic carbocycles. The smallest absolute Gasteiger partial charge is 0.246 e. The van der Waals surface area contributed by atoms with Crippen molar-refractivity contribution in [2.75, 3.05) is 18.9 Å². The third-order valence-electron chi connectivity index (χ3n) is 6.62. The highest BCUT2D eigenvalue weighted by atomic mass is 16.2. The third-order valence-corrected chi connectivity index (χ3v) is 6.62. The van der Waals surface area contributed by atoms with Gasteiger partial charge in [-0.3, -0.25) is 14.5 Å². The fraction of sp³-hybridized carbons (Fsp3) is 0.320. The first-order chi connectivity index (χ1) is 15.5. The molecule has 0 radical (unpaired) electrons. The van der Waals surface area contributed by atoms with Crippen LogP contribution < -0.4 is 5.32 Å². The minimum Gasteiger partial charge on any atom is -0.357 e. The van der Waals surface area contributed by atoms with Crippen molar-refractivity contribution in [1.82, 2.24) is 19.8 Å². The SMILES string of the molecule is CC(c1cc2ccccc2[nH]1)N(C)C(=O)C=Cc1cnc2c(c1)CN1CCC[C@H]1C(=O)N2. The van der Waals surface area contributed by atoms with E-state index in [1.807, 2.05) is 31.2 Å². The average molecular weight is 430 g/mol. The van der Waals surface area contributed by atoms with Gasteiger partial charge in [-0.25, -0.2) is 4.98 Å². The second-order valence-electron chi connectivity index (χ2n) is 8.66. The van der Waals surface area contributed by atoms with Crippen LogP contribution in [0, 0.1) is 0 Å². The van der Waals surface area contributed by atoms with Crippen molar-refractivity contribution < 1.29 is 9.59 Å². The van der Waals surface area contributed by atoms with Gasteiger partial charge in [0.15, 0.2) is 0 Å². The van der Waals surface area contributed by atoms with Gasteiger partial charge in [0, 0.05) is 42.6 Å². The Morgan fingerprint density at radius 3 is 3.00 bits per heavy atom. The number of hydrogen-bond acceptors (Lipinski definition) is 4. The van der Waals surface area contributed by atoms with Gasteiger partial charge in [0.2, 0.25) is 11.8 Å². The van der Waals surface area contributed by atoms with Crippen LogP contribution in [0.4, 0.5) is 5.82 Å². The number of nitrogens with zero attached hydrogens (tertiary/aromatic N) is 3. The number of amides is 2. The monoisotopic (exact) mass is 429 g/mol. The number of rotatable bonds is 4. The molecule has 1 unspecified atom stereocenters. The molecule has 7 nitrogen and oxygen atoms in total. The van der Waals surface area contributed by atoms with Crippen LogP contribution in [0.15, 0.2) is 48.7 Å². The summed E-state index contributed by atoms with van der Waals surface area (Å²) < 4.78 is 0. The zero-order chi connectivity index (χ0) is 22.2. The average Bonchev–Trinajstić information content (AvgIpc) is 3.42. The van der Waals surface area contributed by atoms with E-state index >= 15 is 0 Å². The molecule has 1 saturated heterocycles. The Balaban J connectivity index is 1.30. The Kier molecular flexibility index (Phi) is 5.27. The summed E-state index contributed by atoms with van der Waals surface area (Å²) >= 11 is 0. The zero-order valence-corrected chi connectivity index (χ0v) is 18.3. The van der Waals surface area contributed by atoms with Crippen LogP contribution in [0.5, 0.6) is 0 Å². The molecule has 2 aromatic heterocycles. The van der Waals surface area contributed by atoms with E-state index in [-0.39, 0.29) is 23.9 Å². The lowest BCUT2D eigenvalue weighted by molar-refractivity contribution is -0.126. The van der Waals surface area contributed by atoms with Gasteiger partial charge < -0.3 is 15.2 Å². The molecule has 2 N–H and O–H groups in total. The van der Waals surface area contributed by atoms with E-state index in [4.69, 9.17) is 0 Å². The standard InChI is InChI=1S/C25H27N5O2/c1-16(21-13-18-6-3-4-7-20(18)27-21)29(2)23(31)10-9-17-12-19-15-30-11-5-8-22(30)25(32)28-24(19)26-14-17/h3-4,6-7,9-10,12-14,16,22,27H,5,8,11,15H2,1-2H3,(H,26,28,32)/t16?,22-/m0/s1. The van der Waals surface area contributed by atoms with Gasteiger partial charge in [-0.15, -0.1) is 0 Å². The molecule has 2 atom stereocenters. The Morgan fingerprint density at radius 2 is 2.16 bits per heavy atom. The first-order valence-electron chi connectivity index (χ1n) is 11.1. The molecule has 2 aliphatic rings. The molecule has 0 spiro atoms. The van der Waals surface area contributed by atoms with Gasteiger partial charge in [-0.2, -0.15) is 0 Å². The van der Waals surface area contributed by atoms with E-state index in [2.05, 4.69) is 32.3 Å². The van der Waals surface area contributed by atoms with Crippen LogP contribution in [0.2, 0.25) is 0 Å². The van der Waals surface area contributed by atoms with Gasteiger partial charge in [-0.05, 0) is 61.5 Å². The summed E-state index contributed by atoms with van der Waals surface area (Å²) in [6.07, 6.45) is 6.99. The Bertz CT molecular complexity index is 1180. The van der Waals surface area contributed by atoms with Crippen LogP contribution in [0.25, 0.3) is 17.0 Å². The third kappa shape index (κ3) is 3.80. The fourth-order valence-electron chi connectivity index (χ4n) is 4.59. The van der Waals surface area contributed by atoms with Gasteiger partial charge in [0.05, 0.1) is 12.1 Å². The molecule has 0 aliphatic carbocycles. The second-order valence-corrected chi connectivity index (χ2v) is 8.66. The van der Waals surface area contributed by atoms with E-state index in [0.717, 1.165) is 47.1 Å². The predicted octanol–water partition coefficient (Wildman–Crippen LogP) is 3.71. The lowest BCUT2D eigenvalue weighted by atomic mass is 10.1. The minimum absolute atomic E-state index is 0.0276. The van der Waals surface area contributed by atoms with Gasteiger partial charge in [0.25, 0.3) is 0 Å². The molecule has 0 saturated carbocycles. The number of nitrogens with one attached hydrogen (secondary N) is 2. The maximum atomic E-state index is 12.8. The van der Waals surface area contributed by atoms with Gasteiger partial charge in [-0.1, -0.05) is 18.2 Å². The molecule has 2 amide bonds. The number of fused-ring (bicyclic) bond motifs is 3. The molecule has 164 valence electrons. The summed E-state index contributed by atoms with van der Waals surface area (Å²) in [7, 11) is 1.81. The van der Waals surface area contributed by atoms with Crippen molar-refractivity contribution in [3.8, 4) is 0 Å². The number of anilines is 1. The molecule has 2 aliphatic heterocycles. The normalized spacial score (nSPS) is 19.4. The molecular weight excluding hydrogens is 402 g/mol. The molecule has 3 aromatic rings. The van der Waals surface area contributed by atoms with E-state index < -0.39 is 0 Å². The minimum atomic E-state index is -0.0907. The van der Waals surface area contributed by atoms with E-state index in [9.17, 15) is 9.59 Å². The maximum absolute atomic E-state index is 12.8. The number of carbonyl (C=O) groups excluding carboxylic acids is 2. The number of para-hydroxylation sites is 1. The highest BCUT2D eigenvalue weighted by Gasteiger charge is 2.34. The largest absolute Gasteiger partial charge is 0.357 e. The molecule has 7 heteroatoms. The fourth-order valence-corrected chi connectivity index (χ4v) is 4.59. The van der Waals surface area contributed by atoms with Crippen molar-refractivity contribution in [2.45, 2.75) is 38.4 Å². The summed E-state index contributed by atoms with van der Waals surface area (Å²) in [6.45, 7) is 3.63. The number of pyridine rings is 1. The van der Waals surface area contributed by atoms with Crippen molar-refractivity contribution in [3.05, 3.63) is 65.5 Å². The van der Waals surface area contributed by atoms with Crippen LogP contribution in [-0.4, -0.2) is 51.2 Å². The molecular formula is C25H27N5O2. The summed E-state index contributed by atoms with van der Waals surface area (Å²) in [5, 5.41) is 4.09. The summed E-state index contributed by atoms with van der Waals surface area (Å²) in [5.41, 5.74) is 3.89. The predicted molar refractivity (Wildman–Crippen MR) is 125 cm³/mol. The summed E-state index contributed by atoms with van der Waals surface area (Å²) in [5.74, 6) is 0.566. The van der Waals surface area contributed by atoms with Gasteiger partial charge in [0.1, 0.15) is 5.82 Å². The lowest BCUT2D eigenvalue weighted by Gasteiger charge is -2.22. The van der Waals surface area contributed by atoms with E-state index in [0.29, 0.717) is 12.4 Å². The molecule has 0 bridgehead atoms. The van der Waals surface area contributed by atoms with Crippen LogP contribution >= 0.6 is 0 Å². The van der Waals surface area contributed by atoms with E-state index in [1.54, 1.807) is 30.3 Å². The Morgan fingerprint density at radius 1 is 1.31 bits per heavy atom. The van der Waals surface area contributed by atoms with Crippen molar-refractivity contribution in [2.24, 2.45) is 0 Å². The number of aromatic amines is 1. The molecule has 32 heavy (non-hydrogen) atoms. The number of aromatic nitrogens is 2. The van der Waals surface area contributed by atoms with Crippen LogP contribution in [0.1, 0.15) is 42.6 Å². The summed E-state index contributed by atoms with van der Waals surface area (Å²) in [4.78, 5) is 37.0. The molecule has 5 rings (SSSR count). The maximum Gasteiger partial charge on any atom is 0.246 e. The number of likely N-dealkylation sites (N-methyl/N-ethyl adjacent to an activating group) is 1. The molecule has 1 fully saturated rings. The topological polar surface area (TPSA) is 81.3 Å². The second kappa shape index (κ2) is 8.24. The number of hydrogen-bond donors (Lipinski definition) is 2. The van der Waals surface area contributed by atoms with Crippen molar-refractivity contribution in [1.29, 1.82) is 0 Å². The lowest BCUT2D eigenvalue weighted by Crippen LogP contribution is -2.36. The summed E-state index contributed by atoms with van der Waals surface area (Å²) in [6, 6.07) is 12.0. The van der Waals surface area contributed by atoms with Crippen molar-refractivity contribution >= 4 is 34.6 Å². The van der Waals surface area contributed by atoms with Crippen LogP contribution in [-0.2, 0) is 16.1 Å². The Labute approximate surface area is 187 Å². The van der Waals surface area contributed by atoms with Gasteiger partial charge >= 0.3 is 0 Å². The quantitative estimate of drug-likeness (QED) is 0.620. The number of benzene rings is 1. The van der Waals surface area contributed by atoms with Crippen molar-refractivity contribution in [3.63, 3.8) is 0 Å². The highest BCUT2D eigenvalue weighted by molar-refractivity contribution is 5.96. The Hall–Kier alpha value is -3.45. The first-order valence-corrected chi connectivity index (χ1v) is 11.1. The first kappa shape index (κ1) is 20.5. The number of carbonyl (C=O) groups is 2. The molecule has 4 heterocycles. The van der Waals surface area contributed by atoms with Crippen LogP contribution in [0.3, 0.4) is 0 Å². The highest BCUT2D eigenvalue weighted by Crippen LogP contribution is 2.28. The zero-order valence-electron chi connectivity index (χ0n) is 18.3.